The number of halogens is 1. The number of hydrogen-bond acceptors (Lipinski definition) is 4. The second-order valence-corrected chi connectivity index (χ2v) is 9.74. The molecule has 2 aliphatic rings. The molecule has 0 radical (unpaired) electrons. The number of thioether (sulfide) groups is 1. The lowest BCUT2D eigenvalue weighted by molar-refractivity contribution is -0.116. The highest BCUT2D eigenvalue weighted by Crippen LogP contribution is 2.44. The molecule has 1 heterocycles. The third-order valence-electron chi connectivity index (χ3n) is 5.90. The highest BCUT2D eigenvalue weighted by Gasteiger charge is 2.37. The number of ketones is 1. The van der Waals surface area contributed by atoms with E-state index in [-0.39, 0.29) is 11.7 Å². The predicted molar refractivity (Wildman–Crippen MR) is 128 cm³/mol. The Balaban J connectivity index is 1.72. The Bertz CT molecular complexity index is 1090. The van der Waals surface area contributed by atoms with Gasteiger partial charge >= 0.3 is 0 Å². The molecule has 31 heavy (non-hydrogen) atoms. The molecular weight excluding hydrogens is 424 g/mol. The minimum atomic E-state index is -0.303. The molecule has 0 saturated heterocycles. The van der Waals surface area contributed by atoms with Crippen molar-refractivity contribution in [3.05, 3.63) is 92.1 Å². The number of hydrogen-bond donors (Lipinski definition) is 1. The van der Waals surface area contributed by atoms with Crippen LogP contribution in [-0.4, -0.2) is 5.78 Å². The highest BCUT2D eigenvalue weighted by molar-refractivity contribution is 8.02. The van der Waals surface area contributed by atoms with Crippen LogP contribution in [0.5, 0.6) is 0 Å². The molecule has 0 amide bonds. The van der Waals surface area contributed by atoms with Crippen LogP contribution in [0, 0.1) is 11.3 Å². The molecule has 1 N–H and O–H groups in total. The monoisotopic (exact) mass is 448 g/mol. The summed E-state index contributed by atoms with van der Waals surface area (Å²) in [5.74, 6) is 1.01. The second kappa shape index (κ2) is 9.34. The summed E-state index contributed by atoms with van der Waals surface area (Å²) in [4.78, 5) is 12.9. The van der Waals surface area contributed by atoms with Gasteiger partial charge in [-0.2, -0.15) is 5.26 Å². The molecule has 3 nitrogen and oxygen atoms in total. The summed E-state index contributed by atoms with van der Waals surface area (Å²) in [7, 11) is 0. The first kappa shape index (κ1) is 21.7. The number of nitriles is 1. The molecule has 0 unspecified atom stereocenters. The molecule has 1 aliphatic carbocycles. The first-order valence-corrected chi connectivity index (χ1v) is 12.0. The maximum absolute atomic E-state index is 12.9. The minimum Gasteiger partial charge on any atom is -0.352 e. The van der Waals surface area contributed by atoms with Crippen molar-refractivity contribution in [1.82, 2.24) is 5.32 Å². The average molecular weight is 449 g/mol. The SMILES string of the molecule is CC(C)c1ccc([C@H]2C(C#N)=C(SCc3ccc(Cl)cc3)NC3=C2C(=O)CCC3)cc1. The third-order valence-corrected chi connectivity index (χ3v) is 7.24. The molecule has 2 aromatic carbocycles. The maximum atomic E-state index is 12.9. The largest absolute Gasteiger partial charge is 0.352 e. The second-order valence-electron chi connectivity index (χ2n) is 8.32. The number of nitrogens with zero attached hydrogens (tertiary/aromatic N) is 1. The summed E-state index contributed by atoms with van der Waals surface area (Å²) in [5, 5.41) is 15.1. The molecule has 0 fully saturated rings. The molecule has 1 aliphatic heterocycles. The topological polar surface area (TPSA) is 52.9 Å². The number of dihydropyridines is 1. The Morgan fingerprint density at radius 3 is 2.48 bits per heavy atom. The zero-order valence-corrected chi connectivity index (χ0v) is 19.3. The van der Waals surface area contributed by atoms with Crippen molar-refractivity contribution in [2.75, 3.05) is 0 Å². The van der Waals surface area contributed by atoms with E-state index in [1.807, 2.05) is 24.3 Å². The van der Waals surface area contributed by atoms with Crippen LogP contribution in [0.2, 0.25) is 5.02 Å². The highest BCUT2D eigenvalue weighted by atomic mass is 35.5. The van der Waals surface area contributed by atoms with Gasteiger partial charge in [-0.05, 0) is 47.6 Å². The number of nitrogens with one attached hydrogen (secondary N) is 1. The number of Topliss-reactive ketones (excluding diaryl/α,β-unsaturated/α-hetero) is 1. The summed E-state index contributed by atoms with van der Waals surface area (Å²) >= 11 is 7.61. The van der Waals surface area contributed by atoms with E-state index in [1.54, 1.807) is 11.8 Å². The normalized spacial score (nSPS) is 18.7. The lowest BCUT2D eigenvalue weighted by Gasteiger charge is -2.33. The van der Waals surface area contributed by atoms with Crippen molar-refractivity contribution in [2.45, 2.75) is 50.7 Å². The summed E-state index contributed by atoms with van der Waals surface area (Å²) in [6.45, 7) is 4.33. The average Bonchev–Trinajstić information content (AvgIpc) is 2.78. The van der Waals surface area contributed by atoms with Gasteiger partial charge < -0.3 is 5.32 Å². The van der Waals surface area contributed by atoms with E-state index in [0.717, 1.165) is 46.0 Å². The molecule has 4 rings (SSSR count). The molecule has 0 aromatic heterocycles. The Hall–Kier alpha value is -2.48. The molecule has 0 spiro atoms. The number of benzene rings is 2. The van der Waals surface area contributed by atoms with E-state index in [2.05, 4.69) is 49.5 Å². The van der Waals surface area contributed by atoms with Gasteiger partial charge in [0.2, 0.25) is 0 Å². The third kappa shape index (κ3) is 4.59. The van der Waals surface area contributed by atoms with Gasteiger partial charge in [-0.15, -0.1) is 11.8 Å². The first-order chi connectivity index (χ1) is 15.0. The number of carbonyl (C=O) groups is 1. The van der Waals surface area contributed by atoms with Crippen LogP contribution in [-0.2, 0) is 10.5 Å². The van der Waals surface area contributed by atoms with Crippen LogP contribution < -0.4 is 5.32 Å². The molecule has 0 bridgehead atoms. The number of carbonyl (C=O) groups excluding carboxylic acids is 1. The number of allylic oxidation sites excluding steroid dienone is 3. The Morgan fingerprint density at radius 1 is 1.13 bits per heavy atom. The van der Waals surface area contributed by atoms with Crippen LogP contribution in [0.15, 0.2) is 70.4 Å². The van der Waals surface area contributed by atoms with Crippen molar-refractivity contribution in [1.29, 1.82) is 5.26 Å². The zero-order chi connectivity index (χ0) is 22.0. The van der Waals surface area contributed by atoms with E-state index in [0.29, 0.717) is 22.9 Å². The van der Waals surface area contributed by atoms with Crippen LogP contribution >= 0.6 is 23.4 Å². The van der Waals surface area contributed by atoms with Crippen molar-refractivity contribution < 1.29 is 4.79 Å². The first-order valence-electron chi connectivity index (χ1n) is 10.6. The lowest BCUT2D eigenvalue weighted by atomic mass is 9.76. The predicted octanol–water partition coefficient (Wildman–Crippen LogP) is 6.83. The minimum absolute atomic E-state index is 0.154. The molecule has 2 aromatic rings. The van der Waals surface area contributed by atoms with Gasteiger partial charge in [-0.25, -0.2) is 0 Å². The van der Waals surface area contributed by atoms with Crippen molar-refractivity contribution in [3.8, 4) is 6.07 Å². The van der Waals surface area contributed by atoms with E-state index in [9.17, 15) is 10.1 Å². The fourth-order valence-corrected chi connectivity index (χ4v) is 5.32. The van der Waals surface area contributed by atoms with E-state index < -0.39 is 0 Å². The van der Waals surface area contributed by atoms with Crippen molar-refractivity contribution >= 4 is 29.1 Å². The van der Waals surface area contributed by atoms with E-state index >= 15 is 0 Å². The van der Waals surface area contributed by atoms with Gasteiger partial charge in [0.25, 0.3) is 0 Å². The van der Waals surface area contributed by atoms with Crippen LogP contribution in [0.4, 0.5) is 0 Å². The molecule has 1 atom stereocenters. The number of rotatable bonds is 5. The van der Waals surface area contributed by atoms with Crippen LogP contribution in [0.25, 0.3) is 0 Å². The van der Waals surface area contributed by atoms with Crippen LogP contribution in [0.3, 0.4) is 0 Å². The molecule has 5 heteroatoms. The zero-order valence-electron chi connectivity index (χ0n) is 17.7. The van der Waals surface area contributed by atoms with Gasteiger partial charge in [0.15, 0.2) is 5.78 Å². The summed E-state index contributed by atoms with van der Waals surface area (Å²) in [5.41, 5.74) is 5.78. The fraction of sp³-hybridized carbons (Fsp3) is 0.308. The van der Waals surface area contributed by atoms with Crippen LogP contribution in [0.1, 0.15) is 61.6 Å². The van der Waals surface area contributed by atoms with Gasteiger partial charge in [-0.1, -0.05) is 61.8 Å². The summed E-state index contributed by atoms with van der Waals surface area (Å²) in [6.07, 6.45) is 2.24. The molecular formula is C26H25ClN2OS. The summed E-state index contributed by atoms with van der Waals surface area (Å²) in [6, 6.07) is 18.6. The van der Waals surface area contributed by atoms with Crippen molar-refractivity contribution in [3.63, 3.8) is 0 Å². The van der Waals surface area contributed by atoms with Gasteiger partial charge in [0, 0.05) is 28.5 Å². The fourth-order valence-electron chi connectivity index (χ4n) is 4.18. The Labute approximate surface area is 193 Å². The van der Waals surface area contributed by atoms with Gasteiger partial charge in [0.05, 0.1) is 22.6 Å². The standard InChI is InChI=1S/C26H25ClN2OS/c1-16(2)18-8-10-19(11-9-18)24-21(14-28)26(29-22-4-3-5-23(30)25(22)24)31-15-17-6-12-20(27)13-7-17/h6-13,16,24,29H,3-5,15H2,1-2H3/t24-/m0/s1. The smallest absolute Gasteiger partial charge is 0.161 e. The molecule has 0 saturated carbocycles. The van der Waals surface area contributed by atoms with Gasteiger partial charge in [0.1, 0.15) is 0 Å². The maximum Gasteiger partial charge on any atom is 0.161 e. The Morgan fingerprint density at radius 2 is 1.84 bits per heavy atom. The van der Waals surface area contributed by atoms with Gasteiger partial charge in [-0.3, -0.25) is 4.79 Å². The molecule has 158 valence electrons. The van der Waals surface area contributed by atoms with E-state index in [4.69, 9.17) is 11.6 Å². The summed E-state index contributed by atoms with van der Waals surface area (Å²) < 4.78 is 0. The van der Waals surface area contributed by atoms with Crippen molar-refractivity contribution in [2.24, 2.45) is 0 Å². The lowest BCUT2D eigenvalue weighted by Crippen LogP contribution is -2.31. The van der Waals surface area contributed by atoms with E-state index in [1.165, 1.54) is 5.56 Å². The Kier molecular flexibility index (Phi) is 6.55. The quantitative estimate of drug-likeness (QED) is 0.544.